The molecule has 7 nitrogen and oxygen atoms in total. The first-order valence-electron chi connectivity index (χ1n) is 3.83. The van der Waals surface area contributed by atoms with E-state index in [1.807, 2.05) is 5.32 Å². The number of carboxylic acid groups (broad SMARTS) is 1. The number of amides is 2. The molecule has 0 aliphatic carbocycles. The van der Waals surface area contributed by atoms with Crippen LogP contribution in [-0.4, -0.2) is 56.1 Å². The topological polar surface area (TPSA) is 88.1 Å². The molecular formula is C7H14N2O5. The van der Waals surface area contributed by atoms with Crippen LogP contribution in [0.5, 0.6) is 0 Å². The van der Waals surface area contributed by atoms with Crippen LogP contribution in [0.15, 0.2) is 0 Å². The molecule has 0 aromatic heterocycles. The van der Waals surface area contributed by atoms with Crippen LogP contribution in [0.1, 0.15) is 0 Å². The zero-order valence-electron chi connectivity index (χ0n) is 8.31. The molecule has 0 aromatic carbocycles. The first-order valence-corrected chi connectivity index (χ1v) is 3.83. The average molecular weight is 206 g/mol. The van der Waals surface area contributed by atoms with E-state index in [9.17, 15) is 9.59 Å². The lowest BCUT2D eigenvalue weighted by atomic mass is 10.3. The molecule has 0 bridgehead atoms. The van der Waals surface area contributed by atoms with E-state index in [2.05, 4.69) is 4.84 Å². The van der Waals surface area contributed by atoms with Crippen LogP contribution in [0.3, 0.4) is 0 Å². The second kappa shape index (κ2) is 6.17. The summed E-state index contributed by atoms with van der Waals surface area (Å²) >= 11 is 0. The summed E-state index contributed by atoms with van der Waals surface area (Å²) in [7, 11) is 4.06. The second-order valence-corrected chi connectivity index (χ2v) is 2.48. The minimum absolute atomic E-state index is 0.0428. The molecule has 0 heterocycles. The summed E-state index contributed by atoms with van der Waals surface area (Å²) in [4.78, 5) is 26.3. The predicted octanol–water partition coefficient (Wildman–Crippen LogP) is -0.711. The van der Waals surface area contributed by atoms with Gasteiger partial charge in [0.1, 0.15) is 6.04 Å². The Balaban J connectivity index is 4.31. The third-order valence-corrected chi connectivity index (χ3v) is 1.51. The molecule has 0 rings (SSSR count). The molecule has 0 fully saturated rings. The zero-order chi connectivity index (χ0) is 11.1. The van der Waals surface area contributed by atoms with Gasteiger partial charge in [-0.25, -0.2) is 9.86 Å². The Morgan fingerprint density at radius 1 is 1.50 bits per heavy atom. The van der Waals surface area contributed by atoms with Crippen LogP contribution in [0.4, 0.5) is 4.79 Å². The van der Waals surface area contributed by atoms with Gasteiger partial charge in [-0.05, 0) is 0 Å². The molecule has 82 valence electrons. The third-order valence-electron chi connectivity index (χ3n) is 1.51. The van der Waals surface area contributed by atoms with Crippen LogP contribution < -0.4 is 5.32 Å². The van der Waals surface area contributed by atoms with E-state index in [0.717, 1.165) is 5.06 Å². The van der Waals surface area contributed by atoms with Gasteiger partial charge in [-0.1, -0.05) is 0 Å². The van der Waals surface area contributed by atoms with Crippen molar-refractivity contribution in [3.8, 4) is 0 Å². The molecule has 0 spiro atoms. The predicted molar refractivity (Wildman–Crippen MR) is 46.6 cm³/mol. The molecule has 14 heavy (non-hydrogen) atoms. The van der Waals surface area contributed by atoms with E-state index >= 15 is 0 Å². The van der Waals surface area contributed by atoms with Crippen LogP contribution in [0.25, 0.3) is 0 Å². The highest BCUT2D eigenvalue weighted by atomic mass is 16.7. The smallest absolute Gasteiger partial charge is 0.405 e. The van der Waals surface area contributed by atoms with Crippen molar-refractivity contribution in [1.82, 2.24) is 10.4 Å². The molecule has 2 N–H and O–H groups in total. The van der Waals surface area contributed by atoms with Gasteiger partial charge in [0.15, 0.2) is 0 Å². The molecule has 0 aromatic rings. The van der Waals surface area contributed by atoms with Crippen molar-refractivity contribution in [2.45, 2.75) is 6.04 Å². The Morgan fingerprint density at radius 2 is 2.07 bits per heavy atom. The maximum Gasteiger partial charge on any atom is 0.405 e. The van der Waals surface area contributed by atoms with Crippen molar-refractivity contribution in [2.75, 3.05) is 27.9 Å². The number of nitrogens with one attached hydrogen (secondary N) is 1. The van der Waals surface area contributed by atoms with Gasteiger partial charge in [-0.3, -0.25) is 9.63 Å². The van der Waals surface area contributed by atoms with Gasteiger partial charge < -0.3 is 15.2 Å². The number of methoxy groups -OCH3 is 1. The maximum absolute atomic E-state index is 11.4. The number of hydroxylamine groups is 2. The van der Waals surface area contributed by atoms with E-state index in [1.165, 1.54) is 21.3 Å². The van der Waals surface area contributed by atoms with Crippen LogP contribution in [0, 0.1) is 0 Å². The van der Waals surface area contributed by atoms with Crippen LogP contribution in [0.2, 0.25) is 0 Å². The largest absolute Gasteiger partial charge is 0.465 e. The number of carbonyl (C=O) groups is 2. The van der Waals surface area contributed by atoms with Crippen molar-refractivity contribution >= 4 is 12.0 Å². The monoisotopic (exact) mass is 206 g/mol. The minimum Gasteiger partial charge on any atom is -0.465 e. The average Bonchev–Trinajstić information content (AvgIpc) is 2.14. The summed E-state index contributed by atoms with van der Waals surface area (Å²) in [5, 5.41) is 11.4. The highest BCUT2D eigenvalue weighted by Crippen LogP contribution is 1.93. The second-order valence-electron chi connectivity index (χ2n) is 2.48. The maximum atomic E-state index is 11.4. The highest BCUT2D eigenvalue weighted by Gasteiger charge is 2.23. The van der Waals surface area contributed by atoms with E-state index in [1.54, 1.807) is 0 Å². The summed E-state index contributed by atoms with van der Waals surface area (Å²) < 4.78 is 4.69. The number of carbonyl (C=O) groups excluding carboxylic acids is 1. The van der Waals surface area contributed by atoms with Crippen LogP contribution >= 0.6 is 0 Å². The van der Waals surface area contributed by atoms with Crippen molar-refractivity contribution < 1.29 is 24.3 Å². The fourth-order valence-corrected chi connectivity index (χ4v) is 0.800. The summed E-state index contributed by atoms with van der Waals surface area (Å²) in [6.45, 7) is -0.0428. The highest BCUT2D eigenvalue weighted by molar-refractivity contribution is 5.84. The first-order chi connectivity index (χ1) is 6.52. The summed E-state index contributed by atoms with van der Waals surface area (Å²) in [6, 6.07) is -0.956. The van der Waals surface area contributed by atoms with E-state index in [4.69, 9.17) is 9.84 Å². The fraction of sp³-hybridized carbons (Fsp3) is 0.714. The van der Waals surface area contributed by atoms with E-state index in [0.29, 0.717) is 0 Å². The third kappa shape index (κ3) is 4.06. The summed E-state index contributed by atoms with van der Waals surface area (Å²) in [6.07, 6.45) is -1.29. The Bertz CT molecular complexity index is 208. The molecule has 7 heteroatoms. The minimum atomic E-state index is -1.29. The number of nitrogens with zero attached hydrogens (tertiary/aromatic N) is 1. The number of hydrogen-bond acceptors (Lipinski definition) is 4. The Morgan fingerprint density at radius 3 is 2.43 bits per heavy atom. The van der Waals surface area contributed by atoms with Gasteiger partial charge in [0, 0.05) is 14.2 Å². The SMILES string of the molecule is COCC(NC(=O)O)C(=O)N(C)OC. The van der Waals surface area contributed by atoms with Crippen molar-refractivity contribution in [3.05, 3.63) is 0 Å². The number of ether oxygens (including phenoxy) is 1. The lowest BCUT2D eigenvalue weighted by Gasteiger charge is -2.20. The molecule has 0 aliphatic heterocycles. The summed E-state index contributed by atoms with van der Waals surface area (Å²) in [5.74, 6) is -0.517. The molecule has 1 atom stereocenters. The van der Waals surface area contributed by atoms with E-state index in [-0.39, 0.29) is 6.61 Å². The number of likely N-dealkylation sites (N-methyl/N-ethyl adjacent to an activating group) is 1. The van der Waals surface area contributed by atoms with Gasteiger partial charge in [0.25, 0.3) is 5.91 Å². The lowest BCUT2D eigenvalue weighted by Crippen LogP contribution is -2.49. The van der Waals surface area contributed by atoms with E-state index < -0.39 is 18.0 Å². The number of rotatable bonds is 5. The van der Waals surface area contributed by atoms with Gasteiger partial charge in [-0.15, -0.1) is 0 Å². The van der Waals surface area contributed by atoms with Crippen molar-refractivity contribution in [1.29, 1.82) is 0 Å². The first kappa shape index (κ1) is 12.7. The molecule has 0 saturated carbocycles. The van der Waals surface area contributed by atoms with Crippen molar-refractivity contribution in [3.63, 3.8) is 0 Å². The normalized spacial score (nSPS) is 11.9. The molecular weight excluding hydrogens is 192 g/mol. The standard InChI is InChI=1S/C7H14N2O5/c1-9(14-3)6(10)5(4-13-2)8-7(11)12/h5,8H,4H2,1-3H3,(H,11,12). The lowest BCUT2D eigenvalue weighted by molar-refractivity contribution is -0.172. The zero-order valence-corrected chi connectivity index (χ0v) is 8.31. The van der Waals surface area contributed by atoms with Gasteiger partial charge in [0.05, 0.1) is 13.7 Å². The quantitative estimate of drug-likeness (QED) is 0.580. The van der Waals surface area contributed by atoms with Gasteiger partial charge in [-0.2, -0.15) is 0 Å². The van der Waals surface area contributed by atoms with Gasteiger partial charge >= 0.3 is 6.09 Å². The Kier molecular flexibility index (Phi) is 5.58. The number of hydrogen-bond donors (Lipinski definition) is 2. The molecule has 0 radical (unpaired) electrons. The van der Waals surface area contributed by atoms with Gasteiger partial charge in [0.2, 0.25) is 0 Å². The summed E-state index contributed by atoms with van der Waals surface area (Å²) in [5.41, 5.74) is 0. The molecule has 0 saturated heterocycles. The molecule has 2 amide bonds. The molecule has 1 unspecified atom stereocenters. The van der Waals surface area contributed by atoms with Crippen LogP contribution in [-0.2, 0) is 14.4 Å². The van der Waals surface area contributed by atoms with Crippen molar-refractivity contribution in [2.24, 2.45) is 0 Å². The molecule has 0 aliphatic rings. The Hall–Kier alpha value is -1.34. The fourth-order valence-electron chi connectivity index (χ4n) is 0.800. The Labute approximate surface area is 81.5 Å².